The largest absolute Gasteiger partial charge is 0.340 e. The molecule has 1 atom stereocenters. The molecule has 1 saturated heterocycles. The number of aromatic nitrogens is 1. The maximum atomic E-state index is 13.1. The van der Waals surface area contributed by atoms with E-state index in [1.807, 2.05) is 12.4 Å². The van der Waals surface area contributed by atoms with E-state index in [1.54, 1.807) is 0 Å². The number of carbonyl (C=O) groups excluding carboxylic acids is 1. The Labute approximate surface area is 149 Å². The first kappa shape index (κ1) is 16.3. The van der Waals surface area contributed by atoms with E-state index in [-0.39, 0.29) is 5.92 Å². The van der Waals surface area contributed by atoms with E-state index in [0.717, 1.165) is 52.0 Å². The Morgan fingerprint density at radius 2 is 1.80 bits per heavy atom. The van der Waals surface area contributed by atoms with Gasteiger partial charge in [-0.2, -0.15) is 0 Å². The average molecular weight is 335 g/mol. The van der Waals surface area contributed by atoms with Crippen LogP contribution in [0.1, 0.15) is 35.4 Å². The summed E-state index contributed by atoms with van der Waals surface area (Å²) in [6.45, 7) is 4.51. The van der Waals surface area contributed by atoms with Crippen molar-refractivity contribution >= 4 is 5.91 Å². The van der Waals surface area contributed by atoms with E-state index < -0.39 is 0 Å². The number of piperazine rings is 1. The zero-order valence-electron chi connectivity index (χ0n) is 14.6. The van der Waals surface area contributed by atoms with Crippen LogP contribution < -0.4 is 0 Å². The molecule has 1 aromatic carbocycles. The molecule has 1 aromatic heterocycles. The van der Waals surface area contributed by atoms with Gasteiger partial charge in [0.1, 0.15) is 0 Å². The minimum absolute atomic E-state index is 0.0664. The molecule has 0 N–H and O–H groups in total. The topological polar surface area (TPSA) is 36.4 Å². The van der Waals surface area contributed by atoms with E-state index in [2.05, 4.69) is 51.2 Å². The second kappa shape index (κ2) is 7.36. The Kier molecular flexibility index (Phi) is 4.79. The van der Waals surface area contributed by atoms with Crippen molar-refractivity contribution in [3.8, 4) is 0 Å². The zero-order chi connectivity index (χ0) is 17.1. The molecule has 2 aliphatic rings. The summed E-state index contributed by atoms with van der Waals surface area (Å²) in [4.78, 5) is 21.7. The van der Waals surface area contributed by atoms with E-state index >= 15 is 0 Å². The van der Waals surface area contributed by atoms with Gasteiger partial charge in [-0.15, -0.1) is 0 Å². The van der Waals surface area contributed by atoms with Crippen molar-refractivity contribution in [3.05, 3.63) is 65.5 Å². The third-order valence-electron chi connectivity index (χ3n) is 5.51. The number of benzene rings is 1. The van der Waals surface area contributed by atoms with Gasteiger partial charge in [0, 0.05) is 45.1 Å². The Balaban J connectivity index is 1.37. The Bertz CT molecular complexity index is 723. The minimum atomic E-state index is 0.0664. The predicted octanol–water partition coefficient (Wildman–Crippen LogP) is 2.85. The number of hydrogen-bond donors (Lipinski definition) is 0. The highest BCUT2D eigenvalue weighted by Gasteiger charge is 2.31. The van der Waals surface area contributed by atoms with Crippen LogP contribution in [0.5, 0.6) is 0 Å². The molecule has 130 valence electrons. The van der Waals surface area contributed by atoms with Crippen LogP contribution in [-0.4, -0.2) is 46.9 Å². The van der Waals surface area contributed by atoms with Gasteiger partial charge in [-0.05, 0) is 48.1 Å². The van der Waals surface area contributed by atoms with Crippen molar-refractivity contribution in [2.45, 2.75) is 31.7 Å². The summed E-state index contributed by atoms with van der Waals surface area (Å²) >= 11 is 0. The highest BCUT2D eigenvalue weighted by atomic mass is 16.2. The van der Waals surface area contributed by atoms with Crippen LogP contribution >= 0.6 is 0 Å². The quantitative estimate of drug-likeness (QED) is 0.865. The molecule has 4 nitrogen and oxygen atoms in total. The van der Waals surface area contributed by atoms with E-state index in [9.17, 15) is 4.79 Å². The summed E-state index contributed by atoms with van der Waals surface area (Å²) in [5, 5.41) is 0. The molecule has 1 aliphatic heterocycles. The second-order valence-corrected chi connectivity index (χ2v) is 7.10. The summed E-state index contributed by atoms with van der Waals surface area (Å²) in [6, 6.07) is 12.6. The molecule has 1 aliphatic carbocycles. The first-order chi connectivity index (χ1) is 12.3. The molecule has 1 fully saturated rings. The van der Waals surface area contributed by atoms with Crippen LogP contribution in [0, 0.1) is 0 Å². The molecule has 1 amide bonds. The van der Waals surface area contributed by atoms with Crippen LogP contribution in [0.3, 0.4) is 0 Å². The van der Waals surface area contributed by atoms with Gasteiger partial charge in [0.05, 0.1) is 5.92 Å². The number of fused-ring (bicyclic) bond motifs is 1. The second-order valence-electron chi connectivity index (χ2n) is 7.10. The monoisotopic (exact) mass is 335 g/mol. The molecule has 25 heavy (non-hydrogen) atoms. The van der Waals surface area contributed by atoms with Crippen molar-refractivity contribution < 1.29 is 4.79 Å². The fraction of sp³-hybridized carbons (Fsp3) is 0.429. The van der Waals surface area contributed by atoms with E-state index in [1.165, 1.54) is 16.7 Å². The Morgan fingerprint density at radius 1 is 1.04 bits per heavy atom. The number of hydrogen-bond acceptors (Lipinski definition) is 3. The first-order valence-corrected chi connectivity index (χ1v) is 9.29. The lowest BCUT2D eigenvalue weighted by Crippen LogP contribution is -2.49. The van der Waals surface area contributed by atoms with Crippen LogP contribution in [0.25, 0.3) is 0 Å². The standard InChI is InChI=1S/C21H25N3O/c25-21(20-7-3-5-18-4-1-2-6-19(18)20)24-14-12-23(13-15-24)16-17-8-10-22-11-9-17/h1-2,4,6,8-11,20H,3,5,7,12-16H2. The third-order valence-corrected chi connectivity index (χ3v) is 5.51. The van der Waals surface area contributed by atoms with Crippen LogP contribution in [0.2, 0.25) is 0 Å². The fourth-order valence-electron chi connectivity index (χ4n) is 4.10. The van der Waals surface area contributed by atoms with Gasteiger partial charge >= 0.3 is 0 Å². The van der Waals surface area contributed by atoms with Crippen molar-refractivity contribution in [2.75, 3.05) is 26.2 Å². The maximum absolute atomic E-state index is 13.1. The molecular formula is C21H25N3O. The van der Waals surface area contributed by atoms with Crippen molar-refractivity contribution in [3.63, 3.8) is 0 Å². The molecule has 0 spiro atoms. The van der Waals surface area contributed by atoms with Crippen molar-refractivity contribution in [1.29, 1.82) is 0 Å². The highest BCUT2D eigenvalue weighted by Crippen LogP contribution is 2.33. The smallest absolute Gasteiger partial charge is 0.230 e. The van der Waals surface area contributed by atoms with Crippen LogP contribution in [0.15, 0.2) is 48.8 Å². The minimum Gasteiger partial charge on any atom is -0.340 e. The fourth-order valence-corrected chi connectivity index (χ4v) is 4.10. The lowest BCUT2D eigenvalue weighted by molar-refractivity contribution is -0.135. The molecule has 2 heterocycles. The van der Waals surface area contributed by atoms with Gasteiger partial charge in [0.25, 0.3) is 0 Å². The van der Waals surface area contributed by atoms with Crippen LogP contribution in [-0.2, 0) is 17.8 Å². The highest BCUT2D eigenvalue weighted by molar-refractivity contribution is 5.84. The number of nitrogens with zero attached hydrogens (tertiary/aromatic N) is 3. The average Bonchev–Trinajstić information content (AvgIpc) is 2.68. The van der Waals surface area contributed by atoms with Gasteiger partial charge in [0.15, 0.2) is 0 Å². The summed E-state index contributed by atoms with van der Waals surface area (Å²) < 4.78 is 0. The first-order valence-electron chi connectivity index (χ1n) is 9.29. The SMILES string of the molecule is O=C(C1CCCc2ccccc21)N1CCN(Cc2ccncc2)CC1. The number of carbonyl (C=O) groups is 1. The van der Waals surface area contributed by atoms with E-state index in [4.69, 9.17) is 0 Å². The molecule has 4 heteroatoms. The Hall–Kier alpha value is -2.20. The lowest BCUT2D eigenvalue weighted by Gasteiger charge is -2.37. The summed E-state index contributed by atoms with van der Waals surface area (Å²) in [5.74, 6) is 0.396. The van der Waals surface area contributed by atoms with Gasteiger partial charge in [-0.25, -0.2) is 0 Å². The van der Waals surface area contributed by atoms with Gasteiger partial charge in [-0.1, -0.05) is 24.3 Å². The molecule has 0 saturated carbocycles. The summed E-state index contributed by atoms with van der Waals surface area (Å²) in [7, 11) is 0. The number of aryl methyl sites for hydroxylation is 1. The number of pyridine rings is 1. The summed E-state index contributed by atoms with van der Waals surface area (Å²) in [6.07, 6.45) is 6.91. The summed E-state index contributed by atoms with van der Waals surface area (Å²) in [5.41, 5.74) is 3.91. The van der Waals surface area contributed by atoms with Gasteiger partial charge in [0.2, 0.25) is 5.91 Å². The van der Waals surface area contributed by atoms with Gasteiger partial charge < -0.3 is 4.90 Å². The molecule has 1 unspecified atom stereocenters. The normalized spacial score (nSPS) is 21.0. The Morgan fingerprint density at radius 3 is 2.60 bits per heavy atom. The number of amides is 1. The molecular weight excluding hydrogens is 310 g/mol. The molecule has 2 aromatic rings. The van der Waals surface area contributed by atoms with Crippen molar-refractivity contribution in [1.82, 2.24) is 14.8 Å². The van der Waals surface area contributed by atoms with Crippen LogP contribution in [0.4, 0.5) is 0 Å². The third kappa shape index (κ3) is 3.59. The molecule has 0 radical (unpaired) electrons. The van der Waals surface area contributed by atoms with E-state index in [0.29, 0.717) is 5.91 Å². The zero-order valence-corrected chi connectivity index (χ0v) is 14.6. The number of rotatable bonds is 3. The maximum Gasteiger partial charge on any atom is 0.230 e. The van der Waals surface area contributed by atoms with Gasteiger partial charge in [-0.3, -0.25) is 14.7 Å². The van der Waals surface area contributed by atoms with Crippen molar-refractivity contribution in [2.24, 2.45) is 0 Å². The molecule has 0 bridgehead atoms. The lowest BCUT2D eigenvalue weighted by atomic mass is 9.82. The predicted molar refractivity (Wildman–Crippen MR) is 98.2 cm³/mol. The molecule has 4 rings (SSSR count).